The van der Waals surface area contributed by atoms with E-state index < -0.39 is 24.0 Å². The molecule has 2 rings (SSSR count). The summed E-state index contributed by atoms with van der Waals surface area (Å²) in [6.07, 6.45) is 1.48. The van der Waals surface area contributed by atoms with Gasteiger partial charge in [-0.25, -0.2) is 4.79 Å². The molecule has 0 aromatic rings. The van der Waals surface area contributed by atoms with Gasteiger partial charge < -0.3 is 14.7 Å². The van der Waals surface area contributed by atoms with Gasteiger partial charge in [-0.05, 0) is 6.42 Å². The molecule has 0 unspecified atom stereocenters. The summed E-state index contributed by atoms with van der Waals surface area (Å²) in [4.78, 5) is 35.8. The van der Waals surface area contributed by atoms with Crippen molar-refractivity contribution in [3.63, 3.8) is 0 Å². The van der Waals surface area contributed by atoms with Crippen molar-refractivity contribution in [3.05, 3.63) is 12.7 Å². The standard InChI is InChI=1S/C12H15NO5/c1-2-5-18-12(17)13-4-3-9(14)7-6-8(10(7)13)11(15)16/h2,7-8,10H,1,3-6H2,(H,15,16)/t7-,8+,10+/m0/s1. The van der Waals surface area contributed by atoms with E-state index in [0.717, 1.165) is 0 Å². The van der Waals surface area contributed by atoms with Gasteiger partial charge in [0.15, 0.2) is 0 Å². The Morgan fingerprint density at radius 2 is 2.28 bits per heavy atom. The van der Waals surface area contributed by atoms with Crippen LogP contribution >= 0.6 is 0 Å². The highest BCUT2D eigenvalue weighted by atomic mass is 16.6. The Kier molecular flexibility index (Phi) is 3.36. The molecule has 18 heavy (non-hydrogen) atoms. The van der Waals surface area contributed by atoms with Gasteiger partial charge in [0.25, 0.3) is 0 Å². The zero-order valence-electron chi connectivity index (χ0n) is 9.87. The SMILES string of the molecule is C=CCOC(=O)N1CCC(=O)[C@@H]2C[C@@H](C(=O)O)[C@@H]21. The summed E-state index contributed by atoms with van der Waals surface area (Å²) in [6, 6.07) is -0.541. The minimum atomic E-state index is -0.965. The van der Waals surface area contributed by atoms with Gasteiger partial charge in [-0.2, -0.15) is 0 Å². The highest BCUT2D eigenvalue weighted by Gasteiger charge is 2.55. The number of rotatable bonds is 3. The molecule has 1 aliphatic carbocycles. The number of piperidine rings is 1. The van der Waals surface area contributed by atoms with Gasteiger partial charge in [-0.15, -0.1) is 0 Å². The van der Waals surface area contributed by atoms with E-state index in [4.69, 9.17) is 9.84 Å². The predicted molar refractivity (Wildman–Crippen MR) is 60.9 cm³/mol. The minimum absolute atomic E-state index is 0.0465. The van der Waals surface area contributed by atoms with E-state index in [1.165, 1.54) is 11.0 Å². The van der Waals surface area contributed by atoms with Crippen LogP contribution in [0.25, 0.3) is 0 Å². The summed E-state index contributed by atoms with van der Waals surface area (Å²) in [7, 11) is 0. The molecule has 1 saturated carbocycles. The number of ketones is 1. The smallest absolute Gasteiger partial charge is 0.410 e. The van der Waals surface area contributed by atoms with E-state index in [-0.39, 0.29) is 31.3 Å². The van der Waals surface area contributed by atoms with Crippen LogP contribution in [-0.4, -0.2) is 47.0 Å². The first-order chi connectivity index (χ1) is 8.56. The number of carboxylic acids is 1. The molecule has 3 atom stereocenters. The maximum atomic E-state index is 11.8. The molecule has 0 aromatic heterocycles. The monoisotopic (exact) mass is 253 g/mol. The molecule has 1 heterocycles. The molecule has 0 radical (unpaired) electrons. The number of amides is 1. The first-order valence-electron chi connectivity index (χ1n) is 5.86. The number of ether oxygens (including phenoxy) is 1. The second-order valence-corrected chi connectivity index (χ2v) is 4.55. The summed E-state index contributed by atoms with van der Waals surface area (Å²) in [6.45, 7) is 3.75. The lowest BCUT2D eigenvalue weighted by Crippen LogP contribution is -2.63. The zero-order chi connectivity index (χ0) is 13.3. The predicted octanol–water partition coefficient (Wildman–Crippen LogP) is 0.673. The lowest BCUT2D eigenvalue weighted by molar-refractivity contribution is -0.158. The van der Waals surface area contributed by atoms with E-state index in [9.17, 15) is 14.4 Å². The van der Waals surface area contributed by atoms with Gasteiger partial charge in [0.1, 0.15) is 12.4 Å². The van der Waals surface area contributed by atoms with E-state index in [0.29, 0.717) is 6.42 Å². The summed E-state index contributed by atoms with van der Waals surface area (Å²) in [5, 5.41) is 9.03. The van der Waals surface area contributed by atoms with E-state index >= 15 is 0 Å². The van der Waals surface area contributed by atoms with Crippen molar-refractivity contribution < 1.29 is 24.2 Å². The van der Waals surface area contributed by atoms with Gasteiger partial charge >= 0.3 is 12.1 Å². The molecule has 98 valence electrons. The first-order valence-corrected chi connectivity index (χ1v) is 5.86. The number of fused-ring (bicyclic) bond motifs is 1. The van der Waals surface area contributed by atoms with Crippen molar-refractivity contribution in [1.82, 2.24) is 4.90 Å². The van der Waals surface area contributed by atoms with Crippen LogP contribution in [0.4, 0.5) is 4.79 Å². The molecule has 0 bridgehead atoms. The summed E-state index contributed by atoms with van der Waals surface area (Å²) >= 11 is 0. The third-order valence-electron chi connectivity index (χ3n) is 3.58. The molecule has 1 saturated heterocycles. The van der Waals surface area contributed by atoms with Gasteiger partial charge in [0.05, 0.1) is 12.0 Å². The topological polar surface area (TPSA) is 83.9 Å². The molecule has 2 aliphatic rings. The van der Waals surface area contributed by atoms with Crippen LogP contribution < -0.4 is 0 Å². The average molecular weight is 253 g/mol. The second-order valence-electron chi connectivity index (χ2n) is 4.55. The van der Waals surface area contributed by atoms with Crippen LogP contribution in [0.15, 0.2) is 12.7 Å². The van der Waals surface area contributed by atoms with Gasteiger partial charge in [-0.3, -0.25) is 9.59 Å². The number of aliphatic carboxylic acids is 1. The Hall–Kier alpha value is -1.85. The van der Waals surface area contributed by atoms with Crippen LogP contribution in [0, 0.1) is 11.8 Å². The number of carbonyl (C=O) groups excluding carboxylic acids is 2. The summed E-state index contributed by atoms with van der Waals surface area (Å²) < 4.78 is 4.91. The number of Topliss-reactive ketones (excluding diaryl/α,β-unsaturated/α-hetero) is 1. The first kappa shape index (κ1) is 12.6. The van der Waals surface area contributed by atoms with Crippen LogP contribution in [0.2, 0.25) is 0 Å². The largest absolute Gasteiger partial charge is 0.481 e. The Morgan fingerprint density at radius 3 is 2.89 bits per heavy atom. The van der Waals surface area contributed by atoms with Crippen molar-refractivity contribution in [2.75, 3.05) is 13.2 Å². The van der Waals surface area contributed by atoms with E-state index in [1.807, 2.05) is 0 Å². The average Bonchev–Trinajstić information content (AvgIpc) is 2.27. The van der Waals surface area contributed by atoms with Crippen LogP contribution in [0.5, 0.6) is 0 Å². The summed E-state index contributed by atoms with van der Waals surface area (Å²) in [5.41, 5.74) is 0. The Balaban J connectivity index is 2.09. The van der Waals surface area contributed by atoms with Gasteiger partial charge in [0, 0.05) is 18.9 Å². The third kappa shape index (κ3) is 1.98. The molecule has 1 amide bonds. The number of nitrogens with zero attached hydrogens (tertiary/aromatic N) is 1. The fraction of sp³-hybridized carbons (Fsp3) is 0.583. The normalized spacial score (nSPS) is 30.1. The number of carbonyl (C=O) groups is 3. The second kappa shape index (κ2) is 4.80. The highest BCUT2D eigenvalue weighted by Crippen LogP contribution is 2.42. The molecule has 1 N–H and O–H groups in total. The van der Waals surface area contributed by atoms with Gasteiger partial charge in [0.2, 0.25) is 0 Å². The minimum Gasteiger partial charge on any atom is -0.481 e. The van der Waals surface area contributed by atoms with E-state index in [1.54, 1.807) is 0 Å². The Bertz CT molecular complexity index is 401. The van der Waals surface area contributed by atoms with Crippen molar-refractivity contribution in [3.8, 4) is 0 Å². The molecule has 0 aromatic carbocycles. The van der Waals surface area contributed by atoms with Crippen molar-refractivity contribution in [1.29, 1.82) is 0 Å². The van der Waals surface area contributed by atoms with Gasteiger partial charge in [-0.1, -0.05) is 12.7 Å². The fourth-order valence-corrected chi connectivity index (χ4v) is 2.63. The molecule has 1 aliphatic heterocycles. The van der Waals surface area contributed by atoms with Crippen molar-refractivity contribution in [2.45, 2.75) is 18.9 Å². The third-order valence-corrected chi connectivity index (χ3v) is 3.58. The molecule has 6 nitrogen and oxygen atoms in total. The van der Waals surface area contributed by atoms with E-state index in [2.05, 4.69) is 6.58 Å². The zero-order valence-corrected chi connectivity index (χ0v) is 9.87. The summed E-state index contributed by atoms with van der Waals surface area (Å²) in [5.74, 6) is -1.91. The van der Waals surface area contributed by atoms with Crippen molar-refractivity contribution >= 4 is 17.8 Å². The quantitative estimate of drug-likeness (QED) is 0.747. The van der Waals surface area contributed by atoms with Crippen LogP contribution in [0.3, 0.4) is 0 Å². The number of carboxylic acid groups (broad SMARTS) is 1. The lowest BCUT2D eigenvalue weighted by Gasteiger charge is -2.50. The Morgan fingerprint density at radius 1 is 1.56 bits per heavy atom. The molecular formula is C12H15NO5. The number of likely N-dealkylation sites (tertiary alicyclic amines) is 1. The fourth-order valence-electron chi connectivity index (χ4n) is 2.63. The Labute approximate surface area is 104 Å². The molecule has 0 spiro atoms. The molecule has 2 fully saturated rings. The van der Waals surface area contributed by atoms with Crippen LogP contribution in [0.1, 0.15) is 12.8 Å². The number of hydrogen-bond acceptors (Lipinski definition) is 4. The maximum absolute atomic E-state index is 11.8. The lowest BCUT2D eigenvalue weighted by atomic mass is 9.64. The molecular weight excluding hydrogens is 238 g/mol. The maximum Gasteiger partial charge on any atom is 0.410 e. The van der Waals surface area contributed by atoms with Crippen molar-refractivity contribution in [2.24, 2.45) is 11.8 Å². The van der Waals surface area contributed by atoms with Crippen LogP contribution in [-0.2, 0) is 14.3 Å². The molecule has 6 heteroatoms. The highest BCUT2D eigenvalue weighted by molar-refractivity contribution is 5.89. The number of hydrogen-bond donors (Lipinski definition) is 1.